The van der Waals surface area contributed by atoms with Gasteiger partial charge < -0.3 is 10.5 Å². The van der Waals surface area contributed by atoms with Crippen molar-refractivity contribution in [3.63, 3.8) is 0 Å². The van der Waals surface area contributed by atoms with E-state index in [2.05, 4.69) is 10.3 Å². The van der Waals surface area contributed by atoms with Crippen LogP contribution in [0.2, 0.25) is 0 Å². The molecule has 1 heterocycles. The Kier molecular flexibility index (Phi) is 3.74. The summed E-state index contributed by atoms with van der Waals surface area (Å²) in [5.41, 5.74) is 7.92. The first-order chi connectivity index (χ1) is 10.7. The summed E-state index contributed by atoms with van der Waals surface area (Å²) in [6, 6.07) is 13.5. The van der Waals surface area contributed by atoms with Gasteiger partial charge in [0, 0.05) is 5.56 Å². The molecule has 6 heteroatoms. The van der Waals surface area contributed by atoms with Gasteiger partial charge in [-0.3, -0.25) is 0 Å². The maximum absolute atomic E-state index is 13.4. The first-order valence-electron chi connectivity index (χ1n) is 6.90. The second kappa shape index (κ2) is 5.85. The highest BCUT2D eigenvalue weighted by atomic mass is 19.1. The third-order valence-corrected chi connectivity index (χ3v) is 3.20. The van der Waals surface area contributed by atoms with Crippen molar-refractivity contribution in [3.8, 4) is 22.7 Å². The van der Waals surface area contributed by atoms with Crippen molar-refractivity contribution in [2.75, 3.05) is 12.3 Å². The lowest BCUT2D eigenvalue weighted by molar-refractivity contribution is 0.341. The zero-order chi connectivity index (χ0) is 15.5. The predicted molar refractivity (Wildman–Crippen MR) is 82.3 cm³/mol. The second-order valence-electron chi connectivity index (χ2n) is 4.64. The van der Waals surface area contributed by atoms with Gasteiger partial charge >= 0.3 is 0 Å². The first kappa shape index (κ1) is 14.1. The summed E-state index contributed by atoms with van der Waals surface area (Å²) in [6.07, 6.45) is 0. The van der Waals surface area contributed by atoms with Crippen LogP contribution < -0.4 is 10.5 Å². The van der Waals surface area contributed by atoms with E-state index in [4.69, 9.17) is 10.5 Å². The Hall–Kier alpha value is -2.89. The van der Waals surface area contributed by atoms with E-state index in [1.54, 1.807) is 12.1 Å². The molecule has 0 saturated carbocycles. The monoisotopic (exact) mass is 298 g/mol. The largest absolute Gasteiger partial charge is 0.493 e. The Bertz CT molecular complexity index is 800. The van der Waals surface area contributed by atoms with Crippen LogP contribution >= 0.6 is 0 Å². The number of anilines is 1. The molecule has 0 saturated heterocycles. The van der Waals surface area contributed by atoms with Crippen molar-refractivity contribution in [1.82, 2.24) is 15.0 Å². The standard InChI is InChI=1S/C16H15FN4O/c1-2-22-14-9-4-3-8-13(14)15-16(18)21(20-19-15)12-7-5-6-11(17)10-12/h3-10H,2,18H2,1H3. The molecule has 112 valence electrons. The molecule has 22 heavy (non-hydrogen) atoms. The van der Waals surface area contributed by atoms with Crippen molar-refractivity contribution in [3.05, 3.63) is 54.3 Å². The molecule has 0 bridgehead atoms. The van der Waals surface area contributed by atoms with Gasteiger partial charge in [-0.1, -0.05) is 23.4 Å². The van der Waals surface area contributed by atoms with Crippen LogP contribution in [0, 0.1) is 5.82 Å². The van der Waals surface area contributed by atoms with Crippen LogP contribution in [0.25, 0.3) is 16.9 Å². The summed E-state index contributed by atoms with van der Waals surface area (Å²) in [6.45, 7) is 2.44. The highest BCUT2D eigenvalue weighted by Crippen LogP contribution is 2.32. The zero-order valence-electron chi connectivity index (χ0n) is 12.0. The van der Waals surface area contributed by atoms with Crippen LogP contribution in [-0.4, -0.2) is 21.6 Å². The highest BCUT2D eigenvalue weighted by Gasteiger charge is 2.16. The number of benzene rings is 2. The molecule has 2 aromatic carbocycles. The van der Waals surface area contributed by atoms with Crippen LogP contribution in [0.4, 0.5) is 10.2 Å². The van der Waals surface area contributed by atoms with Crippen LogP contribution in [0.3, 0.4) is 0 Å². The number of halogens is 1. The zero-order valence-corrected chi connectivity index (χ0v) is 12.0. The summed E-state index contributed by atoms with van der Waals surface area (Å²) < 4.78 is 20.3. The number of nitrogens with two attached hydrogens (primary N) is 1. The first-order valence-corrected chi connectivity index (χ1v) is 6.90. The summed E-state index contributed by atoms with van der Waals surface area (Å²) in [7, 11) is 0. The molecule has 0 amide bonds. The third kappa shape index (κ3) is 2.50. The number of aromatic nitrogens is 3. The molecule has 0 aliphatic carbocycles. The van der Waals surface area contributed by atoms with Crippen LogP contribution in [0.5, 0.6) is 5.75 Å². The van der Waals surface area contributed by atoms with Gasteiger partial charge in [0.25, 0.3) is 0 Å². The fourth-order valence-electron chi connectivity index (χ4n) is 2.22. The maximum Gasteiger partial charge on any atom is 0.156 e. The Morgan fingerprint density at radius 3 is 2.77 bits per heavy atom. The predicted octanol–water partition coefficient (Wildman–Crippen LogP) is 3.05. The number of hydrogen-bond donors (Lipinski definition) is 1. The molecule has 0 aliphatic rings. The molecule has 0 aliphatic heterocycles. The van der Waals surface area contributed by atoms with E-state index in [1.807, 2.05) is 31.2 Å². The third-order valence-electron chi connectivity index (χ3n) is 3.20. The number of ether oxygens (including phenoxy) is 1. The van der Waals surface area contributed by atoms with Gasteiger partial charge in [-0.15, -0.1) is 5.10 Å². The fourth-order valence-corrected chi connectivity index (χ4v) is 2.22. The van der Waals surface area contributed by atoms with Gasteiger partial charge in [0.2, 0.25) is 0 Å². The molecule has 1 aromatic heterocycles. The molecule has 0 unspecified atom stereocenters. The molecule has 2 N–H and O–H groups in total. The van der Waals surface area contributed by atoms with Crippen molar-refractivity contribution < 1.29 is 9.13 Å². The second-order valence-corrected chi connectivity index (χ2v) is 4.64. The number of nitrogen functional groups attached to an aromatic ring is 1. The molecule has 0 fully saturated rings. The Morgan fingerprint density at radius 2 is 2.00 bits per heavy atom. The minimum atomic E-state index is -0.358. The summed E-state index contributed by atoms with van der Waals surface area (Å²) in [4.78, 5) is 0. The van der Waals surface area contributed by atoms with E-state index >= 15 is 0 Å². The van der Waals surface area contributed by atoms with E-state index in [9.17, 15) is 4.39 Å². The lowest BCUT2D eigenvalue weighted by atomic mass is 10.1. The van der Waals surface area contributed by atoms with E-state index in [0.29, 0.717) is 29.6 Å². The van der Waals surface area contributed by atoms with Gasteiger partial charge in [-0.25, -0.2) is 4.39 Å². The van der Waals surface area contributed by atoms with Crippen LogP contribution in [0.1, 0.15) is 6.92 Å². The molecule has 0 atom stereocenters. The van der Waals surface area contributed by atoms with Gasteiger partial charge in [0.05, 0.1) is 12.3 Å². The average Bonchev–Trinajstić information content (AvgIpc) is 2.90. The summed E-state index contributed by atoms with van der Waals surface area (Å²) in [5.74, 6) is 0.657. The lowest BCUT2D eigenvalue weighted by Crippen LogP contribution is -2.03. The normalized spacial score (nSPS) is 10.6. The molecular weight excluding hydrogens is 283 g/mol. The highest BCUT2D eigenvalue weighted by molar-refractivity contribution is 5.75. The molecule has 3 rings (SSSR count). The van der Waals surface area contributed by atoms with Gasteiger partial charge in [0.1, 0.15) is 17.3 Å². The van der Waals surface area contributed by atoms with Crippen LogP contribution in [-0.2, 0) is 0 Å². The lowest BCUT2D eigenvalue weighted by Gasteiger charge is -2.08. The maximum atomic E-state index is 13.4. The molecule has 0 radical (unpaired) electrons. The van der Waals surface area contributed by atoms with Gasteiger partial charge in [0.15, 0.2) is 5.82 Å². The van der Waals surface area contributed by atoms with Crippen LogP contribution in [0.15, 0.2) is 48.5 Å². The number of rotatable bonds is 4. The van der Waals surface area contributed by atoms with E-state index in [1.165, 1.54) is 16.8 Å². The van der Waals surface area contributed by atoms with Crippen molar-refractivity contribution >= 4 is 5.82 Å². The number of nitrogens with zero attached hydrogens (tertiary/aromatic N) is 3. The Labute approximate surface area is 127 Å². The minimum absolute atomic E-state index is 0.331. The van der Waals surface area contributed by atoms with E-state index in [-0.39, 0.29) is 5.82 Å². The molecular formula is C16H15FN4O. The number of hydrogen-bond acceptors (Lipinski definition) is 4. The molecule has 0 spiro atoms. The molecule has 3 aromatic rings. The summed E-state index contributed by atoms with van der Waals surface area (Å²) >= 11 is 0. The summed E-state index contributed by atoms with van der Waals surface area (Å²) in [5, 5.41) is 8.14. The quantitative estimate of drug-likeness (QED) is 0.804. The Morgan fingerprint density at radius 1 is 1.18 bits per heavy atom. The van der Waals surface area contributed by atoms with Crippen molar-refractivity contribution in [1.29, 1.82) is 0 Å². The van der Waals surface area contributed by atoms with Crippen molar-refractivity contribution in [2.45, 2.75) is 6.92 Å². The van der Waals surface area contributed by atoms with Gasteiger partial charge in [-0.05, 0) is 37.3 Å². The minimum Gasteiger partial charge on any atom is -0.493 e. The van der Waals surface area contributed by atoms with Gasteiger partial charge in [-0.2, -0.15) is 4.68 Å². The smallest absolute Gasteiger partial charge is 0.156 e. The van der Waals surface area contributed by atoms with Crippen molar-refractivity contribution in [2.24, 2.45) is 0 Å². The Balaban J connectivity index is 2.08. The van der Waals surface area contributed by atoms with E-state index < -0.39 is 0 Å². The van der Waals surface area contributed by atoms with E-state index in [0.717, 1.165) is 5.56 Å². The fraction of sp³-hybridized carbons (Fsp3) is 0.125. The average molecular weight is 298 g/mol. The topological polar surface area (TPSA) is 66.0 Å². The number of para-hydroxylation sites is 1. The molecule has 5 nitrogen and oxygen atoms in total. The SMILES string of the molecule is CCOc1ccccc1-c1nnn(-c2cccc(F)c2)c1N.